The van der Waals surface area contributed by atoms with Gasteiger partial charge in [-0.15, -0.1) is 0 Å². The minimum Gasteiger partial charge on any atom is -0.508 e. The van der Waals surface area contributed by atoms with Crippen LogP contribution in [0, 0.1) is 6.92 Å². The fourth-order valence-electron chi connectivity index (χ4n) is 4.81. The Kier molecular flexibility index (Phi) is 9.78. The number of phenols is 1. The number of nitrogens with zero attached hydrogens (tertiary/aromatic N) is 1. The normalized spacial score (nSPS) is 15.7. The van der Waals surface area contributed by atoms with Crippen molar-refractivity contribution in [2.75, 3.05) is 7.05 Å². The Hall–Kier alpha value is -3.55. The summed E-state index contributed by atoms with van der Waals surface area (Å²) >= 11 is 0. The number of hydrogen-bond acceptors (Lipinski definition) is 5. The molecule has 0 heterocycles. The van der Waals surface area contributed by atoms with E-state index in [-0.39, 0.29) is 24.1 Å². The summed E-state index contributed by atoms with van der Waals surface area (Å²) in [4.78, 5) is 41.7. The van der Waals surface area contributed by atoms with E-state index in [2.05, 4.69) is 10.6 Å². The smallest absolute Gasteiger partial charge is 0.408 e. The molecule has 0 spiro atoms. The predicted octanol–water partition coefficient (Wildman–Crippen LogP) is 4.79. The summed E-state index contributed by atoms with van der Waals surface area (Å²) in [5.41, 5.74) is 1.68. The summed E-state index contributed by atoms with van der Waals surface area (Å²) < 4.78 is 5.42. The molecule has 0 aliphatic heterocycles. The molecule has 38 heavy (non-hydrogen) atoms. The molecule has 3 rings (SSSR count). The lowest BCUT2D eigenvalue weighted by Crippen LogP contribution is -2.53. The first-order valence-corrected chi connectivity index (χ1v) is 13.3. The number of carbonyl (C=O) groups is 3. The molecule has 1 fully saturated rings. The highest BCUT2D eigenvalue weighted by Gasteiger charge is 2.35. The first-order valence-electron chi connectivity index (χ1n) is 13.3. The third-order valence-corrected chi connectivity index (χ3v) is 6.66. The van der Waals surface area contributed by atoms with Crippen LogP contribution in [0.5, 0.6) is 5.75 Å². The minimum atomic E-state index is -0.991. The number of likely N-dealkylation sites (N-methyl/N-ethyl adjacent to an activating group) is 1. The topological polar surface area (TPSA) is 108 Å². The summed E-state index contributed by atoms with van der Waals surface area (Å²) in [5.74, 6) is -0.555. The van der Waals surface area contributed by atoms with Crippen LogP contribution in [0.15, 0.2) is 48.5 Å². The molecule has 0 aromatic heterocycles. The van der Waals surface area contributed by atoms with Gasteiger partial charge in [-0.2, -0.15) is 0 Å². The number of alkyl carbamates (subject to hydrolysis) is 1. The van der Waals surface area contributed by atoms with Crippen molar-refractivity contribution in [3.05, 3.63) is 65.2 Å². The highest BCUT2D eigenvalue weighted by atomic mass is 16.6. The molecule has 0 saturated heterocycles. The number of carbonyl (C=O) groups excluding carboxylic acids is 3. The summed E-state index contributed by atoms with van der Waals surface area (Å²) in [5, 5.41) is 15.5. The number of amides is 3. The number of rotatable bonds is 8. The van der Waals surface area contributed by atoms with Crippen LogP contribution in [0.25, 0.3) is 0 Å². The van der Waals surface area contributed by atoms with E-state index in [1.54, 1.807) is 40.0 Å². The fourth-order valence-corrected chi connectivity index (χ4v) is 4.81. The van der Waals surface area contributed by atoms with Crippen molar-refractivity contribution < 1.29 is 24.2 Å². The first-order chi connectivity index (χ1) is 17.9. The van der Waals surface area contributed by atoms with E-state index in [1.165, 1.54) is 23.5 Å². The molecule has 1 aliphatic rings. The van der Waals surface area contributed by atoms with Gasteiger partial charge in [0.2, 0.25) is 11.8 Å². The van der Waals surface area contributed by atoms with Gasteiger partial charge in [-0.25, -0.2) is 4.79 Å². The highest BCUT2D eigenvalue weighted by Crippen LogP contribution is 2.25. The number of phenolic OH excluding ortho intramolecular Hbond substituents is 1. The van der Waals surface area contributed by atoms with Gasteiger partial charge < -0.3 is 25.4 Å². The monoisotopic (exact) mass is 523 g/mol. The van der Waals surface area contributed by atoms with Crippen LogP contribution in [-0.2, 0) is 20.7 Å². The zero-order valence-electron chi connectivity index (χ0n) is 23.1. The zero-order valence-corrected chi connectivity index (χ0v) is 23.1. The maximum Gasteiger partial charge on any atom is 0.408 e. The second kappa shape index (κ2) is 12.8. The summed E-state index contributed by atoms with van der Waals surface area (Å²) in [6.45, 7) is 7.19. The van der Waals surface area contributed by atoms with Crippen molar-refractivity contribution in [1.29, 1.82) is 0 Å². The molecule has 1 saturated carbocycles. The molecule has 0 bridgehead atoms. The van der Waals surface area contributed by atoms with Gasteiger partial charge in [0, 0.05) is 19.5 Å². The Morgan fingerprint density at radius 2 is 1.71 bits per heavy atom. The van der Waals surface area contributed by atoms with Crippen LogP contribution < -0.4 is 10.6 Å². The Morgan fingerprint density at radius 1 is 1.05 bits per heavy atom. The molecule has 2 atom stereocenters. The van der Waals surface area contributed by atoms with Crippen molar-refractivity contribution in [3.8, 4) is 5.75 Å². The third-order valence-electron chi connectivity index (χ3n) is 6.66. The highest BCUT2D eigenvalue weighted by molar-refractivity contribution is 5.92. The molecular weight excluding hydrogens is 482 g/mol. The SMILES string of the molecule is Cc1cccc(C(C(=O)NC2CCCCC2)N(C)C(=O)C(Cc2ccc(O)cc2)NC(=O)OC(C)(C)C)c1. The molecule has 8 nitrogen and oxygen atoms in total. The molecule has 3 amide bonds. The van der Waals surface area contributed by atoms with Crippen molar-refractivity contribution in [2.24, 2.45) is 0 Å². The zero-order chi connectivity index (χ0) is 27.9. The average Bonchev–Trinajstić information content (AvgIpc) is 2.84. The number of aromatic hydroxyl groups is 1. The number of ether oxygens (including phenoxy) is 1. The Bertz CT molecular complexity index is 1100. The summed E-state index contributed by atoms with van der Waals surface area (Å²) in [6, 6.07) is 12.2. The van der Waals surface area contributed by atoms with Crippen LogP contribution >= 0.6 is 0 Å². The Labute approximate surface area is 225 Å². The number of nitrogens with one attached hydrogen (secondary N) is 2. The van der Waals surface area contributed by atoms with E-state index in [0.717, 1.165) is 36.8 Å². The van der Waals surface area contributed by atoms with E-state index in [4.69, 9.17) is 4.74 Å². The standard InChI is InChI=1S/C30H41N3O5/c1-20-10-9-11-22(18-20)26(27(35)31-23-12-7-6-8-13-23)33(5)28(36)25(32-29(37)38-30(2,3)4)19-21-14-16-24(34)17-15-21/h9-11,14-18,23,25-26,34H,6-8,12-13,19H2,1-5H3,(H,31,35)(H,32,37). The third kappa shape index (κ3) is 8.50. The largest absolute Gasteiger partial charge is 0.508 e. The maximum absolute atomic E-state index is 13.9. The van der Waals surface area contributed by atoms with Crippen LogP contribution in [-0.4, -0.2) is 52.6 Å². The average molecular weight is 524 g/mol. The van der Waals surface area contributed by atoms with Gasteiger partial charge in [0.1, 0.15) is 23.4 Å². The predicted molar refractivity (Wildman–Crippen MR) is 147 cm³/mol. The van der Waals surface area contributed by atoms with Gasteiger partial charge in [0.25, 0.3) is 0 Å². The Morgan fingerprint density at radius 3 is 2.32 bits per heavy atom. The van der Waals surface area contributed by atoms with Gasteiger partial charge in [-0.3, -0.25) is 9.59 Å². The molecule has 206 valence electrons. The van der Waals surface area contributed by atoms with Gasteiger partial charge in [-0.05, 0) is 63.8 Å². The molecule has 2 aromatic carbocycles. The van der Waals surface area contributed by atoms with Crippen LogP contribution in [0.2, 0.25) is 0 Å². The van der Waals surface area contributed by atoms with Crippen molar-refractivity contribution in [2.45, 2.75) is 89.9 Å². The molecule has 8 heteroatoms. The summed E-state index contributed by atoms with van der Waals surface area (Å²) in [7, 11) is 1.59. The lowest BCUT2D eigenvalue weighted by atomic mass is 9.94. The molecule has 0 radical (unpaired) electrons. The van der Waals surface area contributed by atoms with E-state index in [0.29, 0.717) is 5.56 Å². The van der Waals surface area contributed by atoms with E-state index in [9.17, 15) is 19.5 Å². The molecule has 1 aliphatic carbocycles. The molecule has 2 unspecified atom stereocenters. The van der Waals surface area contributed by atoms with E-state index < -0.39 is 29.7 Å². The maximum atomic E-state index is 13.9. The van der Waals surface area contributed by atoms with Gasteiger partial charge in [0.05, 0.1) is 0 Å². The van der Waals surface area contributed by atoms with Crippen molar-refractivity contribution >= 4 is 17.9 Å². The lowest BCUT2D eigenvalue weighted by molar-refractivity contribution is -0.141. The summed E-state index contributed by atoms with van der Waals surface area (Å²) in [6.07, 6.45) is 4.60. The van der Waals surface area contributed by atoms with Crippen LogP contribution in [0.1, 0.15) is 75.6 Å². The first kappa shape index (κ1) is 29.0. The van der Waals surface area contributed by atoms with Crippen LogP contribution in [0.4, 0.5) is 4.79 Å². The Balaban J connectivity index is 1.90. The van der Waals surface area contributed by atoms with E-state index in [1.807, 2.05) is 31.2 Å². The lowest BCUT2D eigenvalue weighted by Gasteiger charge is -2.33. The van der Waals surface area contributed by atoms with Gasteiger partial charge in [0.15, 0.2) is 0 Å². The fraction of sp³-hybridized carbons (Fsp3) is 0.500. The van der Waals surface area contributed by atoms with Crippen molar-refractivity contribution in [3.63, 3.8) is 0 Å². The molecule has 2 aromatic rings. The van der Waals surface area contributed by atoms with Gasteiger partial charge >= 0.3 is 6.09 Å². The van der Waals surface area contributed by atoms with Crippen LogP contribution in [0.3, 0.4) is 0 Å². The van der Waals surface area contributed by atoms with Gasteiger partial charge in [-0.1, -0.05) is 61.2 Å². The quantitative estimate of drug-likeness (QED) is 0.461. The minimum absolute atomic E-state index is 0.0831. The number of benzene rings is 2. The second-order valence-corrected chi connectivity index (χ2v) is 11.2. The van der Waals surface area contributed by atoms with E-state index >= 15 is 0 Å². The molecular formula is C30H41N3O5. The number of aryl methyl sites for hydroxylation is 1. The van der Waals surface area contributed by atoms with Crippen molar-refractivity contribution in [1.82, 2.24) is 15.5 Å². The number of hydrogen-bond donors (Lipinski definition) is 3. The molecule has 3 N–H and O–H groups in total. The second-order valence-electron chi connectivity index (χ2n) is 11.2.